The first-order chi connectivity index (χ1) is 18.9. The van der Waals surface area contributed by atoms with Crippen LogP contribution >= 0.6 is 11.3 Å². The molecule has 0 amide bonds. The lowest BCUT2D eigenvalue weighted by Crippen LogP contribution is -2.17. The molecular formula is C36H42N2S. The van der Waals surface area contributed by atoms with E-state index < -0.39 is 0 Å². The van der Waals surface area contributed by atoms with Crippen molar-refractivity contribution in [2.45, 2.75) is 72.3 Å². The lowest BCUT2D eigenvalue weighted by molar-refractivity contribution is 0.663. The molecule has 0 aliphatic rings. The second kappa shape index (κ2) is 13.1. The van der Waals surface area contributed by atoms with E-state index in [0.29, 0.717) is 11.8 Å². The van der Waals surface area contributed by atoms with Crippen LogP contribution in [-0.2, 0) is 0 Å². The predicted molar refractivity (Wildman–Crippen MR) is 173 cm³/mol. The highest BCUT2D eigenvalue weighted by molar-refractivity contribution is 7.10. The molecule has 3 heteroatoms. The highest BCUT2D eigenvalue weighted by atomic mass is 32.1. The number of benzene rings is 3. The Hall–Kier alpha value is -3.43. The first-order valence-corrected chi connectivity index (χ1v) is 15.1. The highest BCUT2D eigenvalue weighted by Crippen LogP contribution is 2.41. The summed E-state index contributed by atoms with van der Waals surface area (Å²) >= 11 is 1.73. The molecule has 0 fully saturated rings. The van der Waals surface area contributed by atoms with Crippen LogP contribution in [0.2, 0.25) is 0 Å². The van der Waals surface area contributed by atoms with Crippen LogP contribution in [0.3, 0.4) is 0 Å². The van der Waals surface area contributed by atoms with E-state index in [-0.39, 0.29) is 6.04 Å². The zero-order chi connectivity index (χ0) is 27.9. The Kier molecular flexibility index (Phi) is 9.59. The van der Waals surface area contributed by atoms with Crippen molar-refractivity contribution < 1.29 is 0 Å². The molecule has 2 nitrogen and oxygen atoms in total. The molecule has 1 aromatic heterocycles. The number of anilines is 1. The summed E-state index contributed by atoms with van der Waals surface area (Å²) in [6.07, 6.45) is 8.60. The molecule has 2 unspecified atom stereocenters. The quantitative estimate of drug-likeness (QED) is 0.194. The van der Waals surface area contributed by atoms with E-state index in [9.17, 15) is 0 Å². The number of nitrogens with zero attached hydrogens (tertiary/aromatic N) is 1. The van der Waals surface area contributed by atoms with Crippen molar-refractivity contribution >= 4 is 27.8 Å². The van der Waals surface area contributed by atoms with Gasteiger partial charge in [0, 0.05) is 16.6 Å². The van der Waals surface area contributed by atoms with Gasteiger partial charge in [-0.05, 0) is 65.1 Å². The molecule has 0 aliphatic carbocycles. The Morgan fingerprint density at radius 2 is 1.72 bits per heavy atom. The van der Waals surface area contributed by atoms with Crippen molar-refractivity contribution in [1.82, 2.24) is 4.98 Å². The SMILES string of the molecule is C=C/C(C)=C(\C=C/C)C(Nc1c(C(C)C)cccc1C(C)CCC)c1nc(-c2cccc3ccccc23)cs1. The van der Waals surface area contributed by atoms with Crippen molar-refractivity contribution in [2.75, 3.05) is 5.32 Å². The summed E-state index contributed by atoms with van der Waals surface area (Å²) in [6.45, 7) is 17.5. The summed E-state index contributed by atoms with van der Waals surface area (Å²) in [5, 5.41) is 9.77. The molecule has 0 radical (unpaired) electrons. The van der Waals surface area contributed by atoms with Gasteiger partial charge in [0.2, 0.25) is 0 Å². The molecule has 0 spiro atoms. The number of hydrogen-bond donors (Lipinski definition) is 1. The van der Waals surface area contributed by atoms with E-state index in [2.05, 4.69) is 132 Å². The molecule has 39 heavy (non-hydrogen) atoms. The van der Waals surface area contributed by atoms with E-state index in [1.165, 1.54) is 38.7 Å². The minimum Gasteiger partial charge on any atom is -0.372 e. The minimum absolute atomic E-state index is 0.0968. The van der Waals surface area contributed by atoms with E-state index in [1.807, 2.05) is 6.08 Å². The van der Waals surface area contributed by atoms with E-state index >= 15 is 0 Å². The maximum atomic E-state index is 5.29. The molecule has 4 rings (SSSR count). The summed E-state index contributed by atoms with van der Waals surface area (Å²) in [5.74, 6) is 0.869. The number of aromatic nitrogens is 1. The fourth-order valence-corrected chi connectivity index (χ4v) is 6.28. The molecule has 1 heterocycles. The average Bonchev–Trinajstić information content (AvgIpc) is 3.44. The second-order valence-electron chi connectivity index (χ2n) is 10.7. The Morgan fingerprint density at radius 1 is 1.00 bits per heavy atom. The smallest absolute Gasteiger partial charge is 0.120 e. The van der Waals surface area contributed by atoms with Crippen LogP contribution in [0.25, 0.3) is 22.0 Å². The Balaban J connectivity index is 1.89. The Morgan fingerprint density at radius 3 is 2.44 bits per heavy atom. The molecule has 0 aliphatic heterocycles. The van der Waals surface area contributed by atoms with Crippen LogP contribution in [0.15, 0.2) is 102 Å². The number of nitrogens with one attached hydrogen (secondary N) is 1. The number of rotatable bonds is 11. The first kappa shape index (κ1) is 28.6. The molecule has 202 valence electrons. The third kappa shape index (κ3) is 6.25. The van der Waals surface area contributed by atoms with Crippen molar-refractivity contribution in [1.29, 1.82) is 0 Å². The summed E-state index contributed by atoms with van der Waals surface area (Å²) in [6, 6.07) is 21.7. The largest absolute Gasteiger partial charge is 0.372 e. The number of fused-ring (bicyclic) bond motifs is 1. The molecule has 0 saturated heterocycles. The van der Waals surface area contributed by atoms with Crippen LogP contribution < -0.4 is 5.32 Å². The molecular weight excluding hydrogens is 492 g/mol. The Labute approximate surface area is 239 Å². The summed E-state index contributed by atoms with van der Waals surface area (Å²) < 4.78 is 0. The fourth-order valence-electron chi connectivity index (χ4n) is 5.40. The molecule has 2 atom stereocenters. The van der Waals surface area contributed by atoms with Gasteiger partial charge in [0.15, 0.2) is 0 Å². The van der Waals surface area contributed by atoms with Gasteiger partial charge in [-0.2, -0.15) is 0 Å². The second-order valence-corrected chi connectivity index (χ2v) is 11.6. The van der Waals surface area contributed by atoms with Gasteiger partial charge in [0.1, 0.15) is 11.0 Å². The van der Waals surface area contributed by atoms with Crippen molar-refractivity contribution in [2.24, 2.45) is 0 Å². The van der Waals surface area contributed by atoms with Crippen molar-refractivity contribution in [3.63, 3.8) is 0 Å². The third-order valence-electron chi connectivity index (χ3n) is 7.55. The molecule has 1 N–H and O–H groups in total. The van der Waals surface area contributed by atoms with Gasteiger partial charge in [-0.3, -0.25) is 0 Å². The first-order valence-electron chi connectivity index (χ1n) is 14.2. The number of para-hydroxylation sites is 1. The normalized spacial score (nSPS) is 14.0. The lowest BCUT2D eigenvalue weighted by atomic mass is 9.88. The number of hydrogen-bond acceptors (Lipinski definition) is 3. The van der Waals surface area contributed by atoms with E-state index in [4.69, 9.17) is 4.98 Å². The molecule has 0 saturated carbocycles. The van der Waals surface area contributed by atoms with Gasteiger partial charge in [-0.25, -0.2) is 4.98 Å². The van der Waals surface area contributed by atoms with Crippen LogP contribution in [0.1, 0.15) is 88.4 Å². The molecule has 4 aromatic rings. The summed E-state index contributed by atoms with van der Waals surface area (Å²) in [5.41, 5.74) is 8.52. The zero-order valence-electron chi connectivity index (χ0n) is 24.3. The van der Waals surface area contributed by atoms with Gasteiger partial charge in [-0.1, -0.05) is 120 Å². The number of thiazole rings is 1. The fraction of sp³-hybridized carbons (Fsp3) is 0.306. The van der Waals surface area contributed by atoms with E-state index in [1.54, 1.807) is 11.3 Å². The highest BCUT2D eigenvalue weighted by Gasteiger charge is 2.25. The van der Waals surface area contributed by atoms with Gasteiger partial charge >= 0.3 is 0 Å². The minimum atomic E-state index is -0.0968. The number of allylic oxidation sites excluding steroid dienone is 3. The van der Waals surface area contributed by atoms with Gasteiger partial charge in [0.25, 0.3) is 0 Å². The topological polar surface area (TPSA) is 24.9 Å². The average molecular weight is 535 g/mol. The van der Waals surface area contributed by atoms with Crippen LogP contribution in [0.4, 0.5) is 5.69 Å². The monoisotopic (exact) mass is 534 g/mol. The zero-order valence-corrected chi connectivity index (χ0v) is 25.1. The van der Waals surface area contributed by atoms with Crippen molar-refractivity contribution in [3.8, 4) is 11.3 Å². The molecule has 3 aromatic carbocycles. The Bertz CT molecular complexity index is 1480. The maximum Gasteiger partial charge on any atom is 0.120 e. The van der Waals surface area contributed by atoms with Gasteiger partial charge in [0.05, 0.1) is 5.69 Å². The van der Waals surface area contributed by atoms with Gasteiger partial charge < -0.3 is 5.32 Å². The maximum absolute atomic E-state index is 5.29. The van der Waals surface area contributed by atoms with E-state index in [0.717, 1.165) is 29.1 Å². The standard InChI is InChI=1S/C36H42N2S/c1-8-15-26(7)30-21-14-20-28(24(4)5)34(30)38-35(29(16-9-2)25(6)10-3)36-37-33(23-39-36)32-22-13-18-27-17-11-12-19-31(27)32/h9-14,16-24,26,35,38H,3,8,15H2,1-2,4-7H3/b16-9-,29-25+. The summed E-state index contributed by atoms with van der Waals surface area (Å²) in [4.78, 5) is 5.29. The summed E-state index contributed by atoms with van der Waals surface area (Å²) in [7, 11) is 0. The third-order valence-corrected chi connectivity index (χ3v) is 8.46. The predicted octanol–water partition coefficient (Wildman–Crippen LogP) is 11.2. The van der Waals surface area contributed by atoms with Crippen LogP contribution in [-0.4, -0.2) is 4.98 Å². The van der Waals surface area contributed by atoms with Crippen LogP contribution in [0, 0.1) is 0 Å². The van der Waals surface area contributed by atoms with Gasteiger partial charge in [-0.15, -0.1) is 11.3 Å². The lowest BCUT2D eigenvalue weighted by Gasteiger charge is -2.28. The van der Waals surface area contributed by atoms with Crippen LogP contribution in [0.5, 0.6) is 0 Å². The molecule has 0 bridgehead atoms. The van der Waals surface area contributed by atoms with Crippen molar-refractivity contribution in [3.05, 3.63) is 118 Å².